The quantitative estimate of drug-likeness (QED) is 0.608. The topological polar surface area (TPSA) is 101 Å². The van der Waals surface area contributed by atoms with Gasteiger partial charge in [0.25, 0.3) is 5.91 Å². The predicted molar refractivity (Wildman–Crippen MR) is 118 cm³/mol. The monoisotopic (exact) mass is 458 g/mol. The number of sulfonamides is 1. The van der Waals surface area contributed by atoms with Crippen LogP contribution in [0.25, 0.3) is 0 Å². The standard InChI is InChI=1S/C21H22N4O4S2/c1-29-17-9-7-16(8-10-17)22-19(26)21-24-23-20(30-21)15-11-13-25(14-12-15)31(27,28)18-5-3-2-4-6-18/h2-10,15H,11-14H2,1H3,(H,22,26). The summed E-state index contributed by atoms with van der Waals surface area (Å²) >= 11 is 1.25. The fraction of sp³-hybridized carbons (Fsp3) is 0.286. The molecule has 1 aliphatic rings. The molecular formula is C21H22N4O4S2. The van der Waals surface area contributed by atoms with E-state index in [1.165, 1.54) is 15.6 Å². The number of anilines is 1. The largest absolute Gasteiger partial charge is 0.497 e. The molecule has 2 heterocycles. The number of methoxy groups -OCH3 is 1. The van der Waals surface area contributed by atoms with Crippen molar-refractivity contribution in [3.63, 3.8) is 0 Å². The van der Waals surface area contributed by atoms with Crippen LogP contribution in [0.1, 0.15) is 33.6 Å². The zero-order chi connectivity index (χ0) is 21.8. The van der Waals surface area contributed by atoms with Gasteiger partial charge in [-0.15, -0.1) is 10.2 Å². The van der Waals surface area contributed by atoms with Crippen LogP contribution in [0.15, 0.2) is 59.5 Å². The first kappa shape index (κ1) is 21.4. The minimum absolute atomic E-state index is 0.0854. The van der Waals surface area contributed by atoms with Crippen LogP contribution < -0.4 is 10.1 Å². The number of nitrogens with one attached hydrogen (secondary N) is 1. The van der Waals surface area contributed by atoms with Gasteiger partial charge < -0.3 is 10.1 Å². The molecule has 0 atom stereocenters. The number of piperidine rings is 1. The third kappa shape index (κ3) is 4.76. The van der Waals surface area contributed by atoms with Crippen LogP contribution in [0.3, 0.4) is 0 Å². The summed E-state index contributed by atoms with van der Waals surface area (Å²) in [5.41, 5.74) is 0.641. The van der Waals surface area contributed by atoms with Crippen LogP contribution in [0, 0.1) is 0 Å². The van der Waals surface area contributed by atoms with Gasteiger partial charge in [0.05, 0.1) is 12.0 Å². The molecule has 0 radical (unpaired) electrons. The molecule has 1 aromatic heterocycles. The molecule has 2 aromatic carbocycles. The molecule has 4 rings (SSSR count). The maximum Gasteiger partial charge on any atom is 0.286 e. The lowest BCUT2D eigenvalue weighted by atomic mass is 9.99. The normalized spacial score (nSPS) is 15.5. The summed E-state index contributed by atoms with van der Waals surface area (Å²) in [6, 6.07) is 15.5. The zero-order valence-electron chi connectivity index (χ0n) is 16.9. The molecule has 8 nitrogen and oxygen atoms in total. The Hall–Kier alpha value is -2.82. The lowest BCUT2D eigenvalue weighted by Crippen LogP contribution is -2.37. The fourth-order valence-electron chi connectivity index (χ4n) is 3.43. The van der Waals surface area contributed by atoms with E-state index in [2.05, 4.69) is 15.5 Å². The van der Waals surface area contributed by atoms with Gasteiger partial charge >= 0.3 is 0 Å². The number of amides is 1. The van der Waals surface area contributed by atoms with Crippen LogP contribution >= 0.6 is 11.3 Å². The molecule has 1 N–H and O–H groups in total. The van der Waals surface area contributed by atoms with E-state index in [9.17, 15) is 13.2 Å². The van der Waals surface area contributed by atoms with E-state index < -0.39 is 10.0 Å². The molecule has 0 unspecified atom stereocenters. The van der Waals surface area contributed by atoms with Gasteiger partial charge in [0, 0.05) is 24.7 Å². The average Bonchev–Trinajstić information content (AvgIpc) is 3.31. The number of ether oxygens (including phenoxy) is 1. The van der Waals surface area contributed by atoms with Crippen molar-refractivity contribution in [3.8, 4) is 5.75 Å². The average molecular weight is 459 g/mol. The fourth-order valence-corrected chi connectivity index (χ4v) is 5.83. The number of benzene rings is 2. The molecule has 1 aliphatic heterocycles. The lowest BCUT2D eigenvalue weighted by molar-refractivity contribution is 0.102. The highest BCUT2D eigenvalue weighted by atomic mass is 32.2. The second-order valence-electron chi connectivity index (χ2n) is 7.12. The summed E-state index contributed by atoms with van der Waals surface area (Å²) in [5, 5.41) is 12.1. The molecule has 0 aliphatic carbocycles. The Bertz CT molecular complexity index is 1140. The van der Waals surface area contributed by atoms with E-state index in [1.54, 1.807) is 61.7 Å². The molecule has 10 heteroatoms. The minimum atomic E-state index is -3.49. The highest BCUT2D eigenvalue weighted by molar-refractivity contribution is 7.89. The second-order valence-corrected chi connectivity index (χ2v) is 10.1. The minimum Gasteiger partial charge on any atom is -0.497 e. The molecule has 3 aromatic rings. The van der Waals surface area contributed by atoms with Crippen molar-refractivity contribution in [2.24, 2.45) is 0 Å². The number of hydrogen-bond acceptors (Lipinski definition) is 7. The maximum absolute atomic E-state index is 12.8. The highest BCUT2D eigenvalue weighted by Gasteiger charge is 2.31. The zero-order valence-corrected chi connectivity index (χ0v) is 18.5. The molecule has 1 fully saturated rings. The van der Waals surface area contributed by atoms with Crippen molar-refractivity contribution in [2.75, 3.05) is 25.5 Å². The van der Waals surface area contributed by atoms with Crippen molar-refractivity contribution in [1.82, 2.24) is 14.5 Å². The van der Waals surface area contributed by atoms with Gasteiger partial charge in [0.2, 0.25) is 15.0 Å². The van der Waals surface area contributed by atoms with E-state index in [0.717, 1.165) is 5.01 Å². The predicted octanol–water partition coefficient (Wildman–Crippen LogP) is 3.37. The Morgan fingerprint density at radius 1 is 1.06 bits per heavy atom. The first-order chi connectivity index (χ1) is 15.0. The van der Waals surface area contributed by atoms with Crippen LogP contribution in [-0.2, 0) is 10.0 Å². The summed E-state index contributed by atoms with van der Waals surface area (Å²) in [7, 11) is -1.91. The Morgan fingerprint density at radius 2 is 1.74 bits per heavy atom. The van der Waals surface area contributed by atoms with Crippen molar-refractivity contribution in [2.45, 2.75) is 23.7 Å². The first-order valence-corrected chi connectivity index (χ1v) is 12.1. The summed E-state index contributed by atoms with van der Waals surface area (Å²) in [6.45, 7) is 0.823. The van der Waals surface area contributed by atoms with E-state index in [-0.39, 0.29) is 16.8 Å². The summed E-state index contributed by atoms with van der Waals surface area (Å²) in [6.07, 6.45) is 1.28. The van der Waals surface area contributed by atoms with Crippen molar-refractivity contribution >= 4 is 33.0 Å². The molecule has 0 spiro atoms. The van der Waals surface area contributed by atoms with Gasteiger partial charge in [-0.3, -0.25) is 4.79 Å². The molecule has 0 saturated carbocycles. The summed E-state index contributed by atoms with van der Waals surface area (Å²) in [4.78, 5) is 12.8. The number of hydrogen-bond donors (Lipinski definition) is 1. The van der Waals surface area contributed by atoms with Crippen molar-refractivity contribution in [1.29, 1.82) is 0 Å². The Kier molecular flexibility index (Phi) is 6.30. The van der Waals surface area contributed by atoms with Crippen molar-refractivity contribution < 1.29 is 17.9 Å². The van der Waals surface area contributed by atoms with E-state index in [4.69, 9.17) is 4.74 Å². The van der Waals surface area contributed by atoms with Crippen LogP contribution in [-0.4, -0.2) is 49.0 Å². The van der Waals surface area contributed by atoms with E-state index in [0.29, 0.717) is 42.3 Å². The number of carbonyl (C=O) groups is 1. The van der Waals surface area contributed by atoms with Crippen LogP contribution in [0.5, 0.6) is 5.75 Å². The van der Waals surface area contributed by atoms with E-state index in [1.807, 2.05) is 0 Å². The molecule has 1 saturated heterocycles. The van der Waals surface area contributed by atoms with Gasteiger partial charge in [-0.1, -0.05) is 29.5 Å². The van der Waals surface area contributed by atoms with Crippen LogP contribution in [0.2, 0.25) is 0 Å². The number of rotatable bonds is 6. The van der Waals surface area contributed by atoms with E-state index >= 15 is 0 Å². The van der Waals surface area contributed by atoms with Gasteiger partial charge in [-0.25, -0.2) is 8.42 Å². The van der Waals surface area contributed by atoms with Gasteiger partial charge in [-0.2, -0.15) is 4.31 Å². The van der Waals surface area contributed by atoms with Gasteiger partial charge in [0.15, 0.2) is 0 Å². The number of nitrogens with zero attached hydrogens (tertiary/aromatic N) is 3. The number of carbonyl (C=O) groups excluding carboxylic acids is 1. The lowest BCUT2D eigenvalue weighted by Gasteiger charge is -2.30. The summed E-state index contributed by atoms with van der Waals surface area (Å²) in [5.74, 6) is 0.470. The highest BCUT2D eigenvalue weighted by Crippen LogP contribution is 2.32. The first-order valence-electron chi connectivity index (χ1n) is 9.81. The molecule has 162 valence electrons. The summed E-state index contributed by atoms with van der Waals surface area (Å²) < 4.78 is 32.2. The van der Waals surface area contributed by atoms with Crippen LogP contribution in [0.4, 0.5) is 5.69 Å². The third-order valence-corrected chi connectivity index (χ3v) is 8.16. The molecular weight excluding hydrogens is 436 g/mol. The number of aromatic nitrogens is 2. The Morgan fingerprint density at radius 3 is 2.39 bits per heavy atom. The molecule has 31 heavy (non-hydrogen) atoms. The van der Waals surface area contributed by atoms with Gasteiger partial charge in [0.1, 0.15) is 10.8 Å². The second kappa shape index (κ2) is 9.13. The van der Waals surface area contributed by atoms with Crippen molar-refractivity contribution in [3.05, 3.63) is 64.6 Å². The SMILES string of the molecule is COc1ccc(NC(=O)c2nnc(C3CCN(S(=O)(=O)c4ccccc4)CC3)s2)cc1. The maximum atomic E-state index is 12.8. The molecule has 1 amide bonds. The third-order valence-electron chi connectivity index (χ3n) is 5.17. The Labute approximate surface area is 184 Å². The smallest absolute Gasteiger partial charge is 0.286 e. The Balaban J connectivity index is 1.37. The molecule has 0 bridgehead atoms. The van der Waals surface area contributed by atoms with Gasteiger partial charge in [-0.05, 0) is 49.2 Å².